The van der Waals surface area contributed by atoms with Gasteiger partial charge in [0.25, 0.3) is 5.88 Å². The summed E-state index contributed by atoms with van der Waals surface area (Å²) in [5, 5.41) is 8.89. The zero-order valence-corrected chi connectivity index (χ0v) is 11.1. The third kappa shape index (κ3) is 2.67. The Morgan fingerprint density at radius 2 is 2.15 bits per heavy atom. The van der Waals surface area contributed by atoms with Crippen molar-refractivity contribution in [2.45, 2.75) is 13.3 Å². The zero-order chi connectivity index (χ0) is 14.5. The summed E-state index contributed by atoms with van der Waals surface area (Å²) in [4.78, 5) is 7.59. The second-order valence-electron chi connectivity index (χ2n) is 3.87. The maximum atomic E-state index is 14.0. The highest BCUT2D eigenvalue weighted by atomic mass is 19.1. The van der Waals surface area contributed by atoms with E-state index in [0.29, 0.717) is 23.5 Å². The largest absolute Gasteiger partial charge is 0.495 e. The van der Waals surface area contributed by atoms with Crippen molar-refractivity contribution in [2.75, 3.05) is 7.11 Å². The Bertz CT molecular complexity index is 668. The van der Waals surface area contributed by atoms with Crippen LogP contribution in [-0.4, -0.2) is 17.1 Å². The number of methoxy groups -OCH3 is 1. The molecule has 2 rings (SSSR count). The average Bonchev–Trinajstić information content (AvgIpc) is 2.49. The molecule has 1 aromatic heterocycles. The fourth-order valence-electron chi connectivity index (χ4n) is 1.64. The molecule has 0 unspecified atom stereocenters. The van der Waals surface area contributed by atoms with Crippen LogP contribution in [0, 0.1) is 17.1 Å². The number of nitriles is 1. The van der Waals surface area contributed by atoms with Crippen molar-refractivity contribution in [2.24, 2.45) is 0 Å². The van der Waals surface area contributed by atoms with Gasteiger partial charge in [0.15, 0.2) is 0 Å². The van der Waals surface area contributed by atoms with Crippen LogP contribution in [0.1, 0.15) is 18.2 Å². The molecule has 0 amide bonds. The molecule has 0 bridgehead atoms. The molecule has 0 aliphatic rings. The number of hydrogen-bond acceptors (Lipinski definition) is 5. The van der Waals surface area contributed by atoms with Crippen LogP contribution in [0.3, 0.4) is 0 Å². The van der Waals surface area contributed by atoms with Crippen LogP contribution in [0.25, 0.3) is 0 Å². The van der Waals surface area contributed by atoms with E-state index in [1.54, 1.807) is 13.0 Å². The maximum Gasteiger partial charge on any atom is 0.259 e. The van der Waals surface area contributed by atoms with E-state index < -0.39 is 5.82 Å². The number of benzene rings is 1. The van der Waals surface area contributed by atoms with Gasteiger partial charge >= 0.3 is 0 Å². The number of halogens is 1. The van der Waals surface area contributed by atoms with E-state index in [2.05, 4.69) is 9.97 Å². The van der Waals surface area contributed by atoms with E-state index in [0.717, 1.165) is 0 Å². The number of nitrogens with zero attached hydrogens (tertiary/aromatic N) is 3. The van der Waals surface area contributed by atoms with Gasteiger partial charge in [-0.1, -0.05) is 6.92 Å². The Labute approximate surface area is 115 Å². The Morgan fingerprint density at radius 3 is 2.80 bits per heavy atom. The second-order valence-corrected chi connectivity index (χ2v) is 3.87. The Balaban J connectivity index is 2.33. The van der Waals surface area contributed by atoms with Gasteiger partial charge in [-0.05, 0) is 18.6 Å². The van der Waals surface area contributed by atoms with E-state index in [4.69, 9.17) is 14.7 Å². The highest BCUT2D eigenvalue weighted by Crippen LogP contribution is 2.28. The van der Waals surface area contributed by atoms with Gasteiger partial charge in [-0.2, -0.15) is 14.6 Å². The zero-order valence-electron chi connectivity index (χ0n) is 11.1. The normalized spacial score (nSPS) is 9.90. The number of rotatable bonds is 4. The van der Waals surface area contributed by atoms with Gasteiger partial charge in [0.2, 0.25) is 5.82 Å². The first-order valence-corrected chi connectivity index (χ1v) is 5.95. The minimum Gasteiger partial charge on any atom is -0.495 e. The molecule has 0 aliphatic carbocycles. The summed E-state index contributed by atoms with van der Waals surface area (Å²) < 4.78 is 24.4. The van der Waals surface area contributed by atoms with Gasteiger partial charge in [0.1, 0.15) is 23.9 Å². The molecule has 0 spiro atoms. The highest BCUT2D eigenvalue weighted by Gasteiger charge is 2.13. The first-order valence-electron chi connectivity index (χ1n) is 5.95. The third-order valence-corrected chi connectivity index (χ3v) is 2.67. The Hall–Kier alpha value is -2.68. The molecule has 0 fully saturated rings. The van der Waals surface area contributed by atoms with Gasteiger partial charge in [-0.3, -0.25) is 0 Å². The standard InChI is InChI=1S/C14H12FN3O2/c1-3-11-13(15)14(18-8-17-11)20-10-5-4-9(7-16)12(6-10)19-2/h4-6,8H,3H2,1-2H3. The molecule has 2 aromatic rings. The quantitative estimate of drug-likeness (QED) is 0.856. The molecule has 0 aliphatic heterocycles. The molecule has 102 valence electrons. The van der Waals surface area contributed by atoms with E-state index in [9.17, 15) is 4.39 Å². The van der Waals surface area contributed by atoms with Crippen LogP contribution < -0.4 is 9.47 Å². The lowest BCUT2D eigenvalue weighted by Gasteiger charge is -2.09. The number of ether oxygens (including phenoxy) is 2. The lowest BCUT2D eigenvalue weighted by Crippen LogP contribution is -1.99. The predicted molar refractivity (Wildman–Crippen MR) is 69.2 cm³/mol. The molecule has 1 heterocycles. The molecule has 0 radical (unpaired) electrons. The molecule has 1 aromatic carbocycles. The molecule has 6 heteroatoms. The summed E-state index contributed by atoms with van der Waals surface area (Å²) in [7, 11) is 1.44. The summed E-state index contributed by atoms with van der Waals surface area (Å²) in [5.74, 6) is -0.0439. The predicted octanol–water partition coefficient (Wildman–Crippen LogP) is 2.85. The highest BCUT2D eigenvalue weighted by molar-refractivity contribution is 5.48. The summed E-state index contributed by atoms with van der Waals surface area (Å²) in [5.41, 5.74) is 0.660. The second kappa shape index (κ2) is 5.97. The van der Waals surface area contributed by atoms with E-state index >= 15 is 0 Å². The van der Waals surface area contributed by atoms with Gasteiger partial charge in [-0.15, -0.1) is 0 Å². The topological polar surface area (TPSA) is 68.0 Å². The molecule has 0 saturated heterocycles. The summed E-state index contributed by atoms with van der Waals surface area (Å²) >= 11 is 0. The van der Waals surface area contributed by atoms with Crippen LogP contribution in [0.2, 0.25) is 0 Å². The number of aromatic nitrogens is 2. The third-order valence-electron chi connectivity index (χ3n) is 2.67. The minimum atomic E-state index is -0.585. The average molecular weight is 273 g/mol. The summed E-state index contributed by atoms with van der Waals surface area (Å²) in [6.45, 7) is 1.79. The van der Waals surface area contributed by atoms with Gasteiger partial charge in [-0.25, -0.2) is 4.98 Å². The van der Waals surface area contributed by atoms with Crippen LogP contribution in [-0.2, 0) is 6.42 Å². The lowest BCUT2D eigenvalue weighted by molar-refractivity contribution is 0.396. The van der Waals surface area contributed by atoms with Crippen LogP contribution >= 0.6 is 0 Å². The first kappa shape index (κ1) is 13.7. The molecular weight excluding hydrogens is 261 g/mol. The monoisotopic (exact) mass is 273 g/mol. The SMILES string of the molecule is CCc1ncnc(Oc2ccc(C#N)c(OC)c2)c1F. The van der Waals surface area contributed by atoms with Crippen LogP contribution in [0.4, 0.5) is 4.39 Å². The fraction of sp³-hybridized carbons (Fsp3) is 0.214. The van der Waals surface area contributed by atoms with Crippen molar-refractivity contribution in [3.8, 4) is 23.4 Å². The minimum absolute atomic E-state index is 0.149. The Morgan fingerprint density at radius 1 is 1.35 bits per heavy atom. The smallest absolute Gasteiger partial charge is 0.259 e. The summed E-state index contributed by atoms with van der Waals surface area (Å²) in [6.07, 6.45) is 1.69. The van der Waals surface area contributed by atoms with E-state index in [1.807, 2.05) is 6.07 Å². The molecule has 5 nitrogen and oxygen atoms in total. The molecule has 0 saturated carbocycles. The van der Waals surface area contributed by atoms with Gasteiger partial charge in [0, 0.05) is 6.07 Å². The van der Waals surface area contributed by atoms with Crippen molar-refractivity contribution >= 4 is 0 Å². The van der Waals surface area contributed by atoms with Crippen molar-refractivity contribution < 1.29 is 13.9 Å². The van der Waals surface area contributed by atoms with E-state index in [1.165, 1.54) is 25.6 Å². The van der Waals surface area contributed by atoms with E-state index in [-0.39, 0.29) is 11.6 Å². The molecule has 0 N–H and O–H groups in total. The first-order chi connectivity index (χ1) is 9.69. The molecular formula is C14H12FN3O2. The van der Waals surface area contributed by atoms with Gasteiger partial charge < -0.3 is 9.47 Å². The van der Waals surface area contributed by atoms with Crippen molar-refractivity contribution in [3.05, 3.63) is 41.6 Å². The maximum absolute atomic E-state index is 14.0. The lowest BCUT2D eigenvalue weighted by atomic mass is 10.2. The van der Waals surface area contributed by atoms with Crippen molar-refractivity contribution in [1.29, 1.82) is 5.26 Å². The van der Waals surface area contributed by atoms with Crippen molar-refractivity contribution in [3.63, 3.8) is 0 Å². The summed E-state index contributed by atoms with van der Waals surface area (Å²) in [6, 6.07) is 6.58. The molecule has 20 heavy (non-hydrogen) atoms. The van der Waals surface area contributed by atoms with Crippen molar-refractivity contribution in [1.82, 2.24) is 9.97 Å². The van der Waals surface area contributed by atoms with Crippen LogP contribution in [0.5, 0.6) is 17.4 Å². The van der Waals surface area contributed by atoms with Crippen LogP contribution in [0.15, 0.2) is 24.5 Å². The number of aryl methyl sites for hydroxylation is 1. The number of hydrogen-bond donors (Lipinski definition) is 0. The Kier molecular flexibility index (Phi) is 4.11. The van der Waals surface area contributed by atoms with Gasteiger partial charge in [0.05, 0.1) is 18.4 Å². The fourth-order valence-corrected chi connectivity index (χ4v) is 1.64. The molecule has 0 atom stereocenters.